The first kappa shape index (κ1) is 19.0. The Balaban J connectivity index is 1.47. The van der Waals surface area contributed by atoms with E-state index in [0.717, 1.165) is 34.5 Å². The summed E-state index contributed by atoms with van der Waals surface area (Å²) < 4.78 is 11.2. The van der Waals surface area contributed by atoms with Gasteiger partial charge in [0.1, 0.15) is 11.4 Å². The molecule has 0 amide bonds. The zero-order valence-corrected chi connectivity index (χ0v) is 15.5. The normalized spacial score (nSPS) is 20.1. The van der Waals surface area contributed by atoms with Gasteiger partial charge >= 0.3 is 5.97 Å². The van der Waals surface area contributed by atoms with Crippen LogP contribution in [-0.4, -0.2) is 35.8 Å². The molecule has 1 fully saturated rings. The van der Waals surface area contributed by atoms with Crippen molar-refractivity contribution in [3.8, 4) is 0 Å². The number of aliphatic carboxylic acids is 1. The van der Waals surface area contributed by atoms with E-state index in [4.69, 9.17) is 14.3 Å². The van der Waals surface area contributed by atoms with Crippen LogP contribution < -0.4 is 0 Å². The summed E-state index contributed by atoms with van der Waals surface area (Å²) in [5.74, 6) is 0.613. The largest absolute Gasteiger partial charge is 0.481 e. The van der Waals surface area contributed by atoms with Gasteiger partial charge < -0.3 is 14.3 Å². The van der Waals surface area contributed by atoms with Crippen LogP contribution in [-0.2, 0) is 14.3 Å². The number of hydrogen-bond acceptors (Lipinski definition) is 5. The lowest BCUT2D eigenvalue weighted by molar-refractivity contribution is -0.137. The van der Waals surface area contributed by atoms with E-state index in [1.54, 1.807) is 18.0 Å². The summed E-state index contributed by atoms with van der Waals surface area (Å²) in [6.07, 6.45) is 4.77. The van der Waals surface area contributed by atoms with Crippen LogP contribution in [0.4, 0.5) is 0 Å². The van der Waals surface area contributed by atoms with Crippen molar-refractivity contribution < 1.29 is 23.8 Å². The van der Waals surface area contributed by atoms with E-state index in [9.17, 15) is 9.59 Å². The maximum atomic E-state index is 12.3. The van der Waals surface area contributed by atoms with Gasteiger partial charge in [-0.2, -0.15) is 0 Å². The lowest BCUT2D eigenvalue weighted by Gasteiger charge is -2.18. The summed E-state index contributed by atoms with van der Waals surface area (Å²) in [6.45, 7) is 1.14. The van der Waals surface area contributed by atoms with Crippen LogP contribution in [0.15, 0.2) is 39.8 Å². The van der Waals surface area contributed by atoms with Crippen LogP contribution in [0.5, 0.6) is 0 Å². The van der Waals surface area contributed by atoms with Gasteiger partial charge in [0.05, 0.1) is 12.9 Å². The average Bonchev–Trinajstić information content (AvgIpc) is 3.23. The number of ketones is 1. The Morgan fingerprint density at radius 3 is 3.04 bits per heavy atom. The van der Waals surface area contributed by atoms with Gasteiger partial charge in [-0.15, -0.1) is 11.8 Å². The fourth-order valence-electron chi connectivity index (χ4n) is 3.39. The maximum absolute atomic E-state index is 12.3. The average molecular weight is 376 g/mol. The Kier molecular flexibility index (Phi) is 6.74. The summed E-state index contributed by atoms with van der Waals surface area (Å²) in [7, 11) is 0. The van der Waals surface area contributed by atoms with Crippen molar-refractivity contribution in [3.05, 3.63) is 30.5 Å². The van der Waals surface area contributed by atoms with Gasteiger partial charge in [-0.05, 0) is 43.4 Å². The minimum absolute atomic E-state index is 0.0289. The first-order valence-corrected chi connectivity index (χ1v) is 10.0. The highest BCUT2D eigenvalue weighted by molar-refractivity contribution is 7.99. The molecule has 1 unspecified atom stereocenters. The molecule has 1 aromatic carbocycles. The van der Waals surface area contributed by atoms with E-state index in [1.165, 1.54) is 0 Å². The van der Waals surface area contributed by atoms with Crippen molar-refractivity contribution in [1.29, 1.82) is 0 Å². The molecule has 0 bridgehead atoms. The van der Waals surface area contributed by atoms with Crippen molar-refractivity contribution in [3.63, 3.8) is 0 Å². The summed E-state index contributed by atoms with van der Waals surface area (Å²) in [4.78, 5) is 23.9. The number of furan rings is 1. The number of rotatable bonds is 10. The number of ether oxygens (including phenoxy) is 1. The van der Waals surface area contributed by atoms with Crippen LogP contribution in [0, 0.1) is 11.8 Å². The summed E-state index contributed by atoms with van der Waals surface area (Å²) in [5.41, 5.74) is 0.869. The number of carbonyl (C=O) groups is 2. The third kappa shape index (κ3) is 4.89. The maximum Gasteiger partial charge on any atom is 0.303 e. The molecule has 2 aromatic rings. The van der Waals surface area contributed by atoms with E-state index >= 15 is 0 Å². The smallest absolute Gasteiger partial charge is 0.303 e. The number of Topliss-reactive ketones (excluding diaryl/α,β-unsaturated/α-hetero) is 1. The molecule has 1 aliphatic rings. The summed E-state index contributed by atoms with van der Waals surface area (Å²) in [5, 5.41) is 9.72. The fourth-order valence-corrected chi connectivity index (χ4v) is 4.71. The van der Waals surface area contributed by atoms with Crippen LogP contribution in [0.25, 0.3) is 11.0 Å². The number of benzene rings is 1. The van der Waals surface area contributed by atoms with Gasteiger partial charge in [0.25, 0.3) is 0 Å². The molecular formula is C20H24O5S. The molecule has 0 saturated heterocycles. The van der Waals surface area contributed by atoms with Crippen LogP contribution in [0.1, 0.15) is 32.1 Å². The minimum atomic E-state index is -0.767. The molecule has 0 aliphatic heterocycles. The molecular weight excluding hydrogens is 352 g/mol. The molecule has 2 atom stereocenters. The summed E-state index contributed by atoms with van der Waals surface area (Å²) >= 11 is 1.71. The van der Waals surface area contributed by atoms with Crippen LogP contribution >= 0.6 is 11.8 Å². The number of hydrogen-bond donors (Lipinski definition) is 1. The monoisotopic (exact) mass is 376 g/mol. The molecule has 3 rings (SSSR count). The predicted octanol–water partition coefficient (Wildman–Crippen LogP) is 4.39. The molecule has 6 heteroatoms. The zero-order valence-electron chi connectivity index (χ0n) is 14.7. The fraction of sp³-hybridized carbons (Fsp3) is 0.500. The molecule has 0 spiro atoms. The van der Waals surface area contributed by atoms with Gasteiger partial charge in [0.15, 0.2) is 0 Å². The van der Waals surface area contributed by atoms with Gasteiger partial charge in [-0.25, -0.2) is 0 Å². The highest BCUT2D eigenvalue weighted by Crippen LogP contribution is 2.36. The molecule has 1 N–H and O–H groups in total. The second-order valence-electron chi connectivity index (χ2n) is 6.70. The number of unbranched alkanes of at least 4 members (excludes halogenated alkanes) is 1. The number of carbonyl (C=O) groups excluding carboxylic acids is 1. The van der Waals surface area contributed by atoms with Crippen LogP contribution in [0.3, 0.4) is 0 Å². The lowest BCUT2D eigenvalue weighted by atomic mass is 9.98. The molecule has 5 nitrogen and oxygen atoms in total. The van der Waals surface area contributed by atoms with Crippen molar-refractivity contribution in [2.24, 2.45) is 11.8 Å². The van der Waals surface area contributed by atoms with Crippen LogP contribution in [0.2, 0.25) is 0 Å². The quantitative estimate of drug-likeness (QED) is 0.489. The second-order valence-corrected chi connectivity index (χ2v) is 7.76. The predicted molar refractivity (Wildman–Crippen MR) is 100 cm³/mol. The molecule has 1 aliphatic carbocycles. The minimum Gasteiger partial charge on any atom is -0.481 e. The Morgan fingerprint density at radius 1 is 1.31 bits per heavy atom. The van der Waals surface area contributed by atoms with E-state index in [2.05, 4.69) is 6.07 Å². The lowest BCUT2D eigenvalue weighted by Crippen LogP contribution is -2.21. The van der Waals surface area contributed by atoms with Gasteiger partial charge in [-0.3, -0.25) is 9.59 Å². The highest BCUT2D eigenvalue weighted by atomic mass is 32.2. The number of carboxylic acids is 1. The number of thioether (sulfide) groups is 1. The molecule has 1 saturated carbocycles. The topological polar surface area (TPSA) is 76.7 Å². The van der Waals surface area contributed by atoms with E-state index in [1.807, 2.05) is 18.2 Å². The van der Waals surface area contributed by atoms with Crippen molar-refractivity contribution in [2.45, 2.75) is 37.0 Å². The van der Waals surface area contributed by atoms with E-state index in [0.29, 0.717) is 31.8 Å². The second kappa shape index (κ2) is 9.24. The Hall–Kier alpha value is -1.79. The molecule has 26 heavy (non-hydrogen) atoms. The Labute approximate surface area is 157 Å². The third-order valence-corrected chi connectivity index (χ3v) is 6.07. The van der Waals surface area contributed by atoms with Crippen molar-refractivity contribution >= 4 is 34.5 Å². The Bertz CT molecular complexity index is 753. The first-order chi connectivity index (χ1) is 12.6. The third-order valence-electron chi connectivity index (χ3n) is 4.88. The van der Waals surface area contributed by atoms with E-state index in [-0.39, 0.29) is 18.3 Å². The first-order valence-electron chi connectivity index (χ1n) is 9.06. The van der Waals surface area contributed by atoms with Crippen molar-refractivity contribution in [2.75, 3.05) is 19.0 Å². The van der Waals surface area contributed by atoms with Gasteiger partial charge in [-0.1, -0.05) is 6.07 Å². The van der Waals surface area contributed by atoms with E-state index < -0.39 is 5.97 Å². The molecule has 1 aromatic heterocycles. The van der Waals surface area contributed by atoms with Gasteiger partial charge in [0.2, 0.25) is 0 Å². The van der Waals surface area contributed by atoms with Gasteiger partial charge in [0, 0.05) is 41.4 Å². The van der Waals surface area contributed by atoms with Crippen molar-refractivity contribution in [1.82, 2.24) is 0 Å². The number of fused-ring (bicyclic) bond motifs is 1. The molecule has 0 radical (unpaired) electrons. The standard InChI is InChI=1S/C20H24O5S/c21-17-8-7-14(12-24-10-2-1-6-20(22)23)16(17)13-26-19-5-3-4-18-15(19)9-11-25-18/h3-5,9,11,14,16H,1-2,6-8,10,12-13H2,(H,22,23)/t14-,16?/m1/s1. The Morgan fingerprint density at radius 2 is 2.19 bits per heavy atom. The molecule has 140 valence electrons. The SMILES string of the molecule is O=C(O)CCCCOC[C@H]1CCC(=O)C1CSc1cccc2occc12. The number of carboxylic acid groups (broad SMARTS) is 1. The summed E-state index contributed by atoms with van der Waals surface area (Å²) in [6, 6.07) is 7.95. The highest BCUT2D eigenvalue weighted by Gasteiger charge is 2.34. The zero-order chi connectivity index (χ0) is 18.4. The molecule has 1 heterocycles.